The molecule has 1 saturated heterocycles. The van der Waals surface area contributed by atoms with Crippen LogP contribution in [-0.4, -0.2) is 18.2 Å². The van der Waals surface area contributed by atoms with Gasteiger partial charge in [0.05, 0.1) is 18.2 Å². The number of hydrogen-bond acceptors (Lipinski definition) is 3. The number of hydrogen-bond donors (Lipinski definition) is 0. The van der Waals surface area contributed by atoms with Gasteiger partial charge in [0.2, 0.25) is 0 Å². The van der Waals surface area contributed by atoms with E-state index in [1.165, 1.54) is 50.3 Å². The van der Waals surface area contributed by atoms with Crippen molar-refractivity contribution in [3.05, 3.63) is 197 Å². The van der Waals surface area contributed by atoms with Gasteiger partial charge >= 0.3 is 0 Å². The number of nitrogens with zero attached hydrogens (tertiary/aromatic N) is 1. The minimum absolute atomic E-state index is 0.0133. The van der Waals surface area contributed by atoms with Gasteiger partial charge in [-0.05, 0) is 102 Å². The van der Waals surface area contributed by atoms with E-state index in [4.69, 9.17) is 9.47 Å². The molecular weight excluding hydrogens is 647 g/mol. The Hall–Kier alpha value is -5.38. The molecule has 3 heteroatoms. The van der Waals surface area contributed by atoms with Crippen LogP contribution < -0.4 is 9.64 Å². The lowest BCUT2D eigenvalue weighted by atomic mass is 9.60. The number of benzene rings is 4. The van der Waals surface area contributed by atoms with E-state index in [0.29, 0.717) is 11.8 Å². The zero-order chi connectivity index (χ0) is 34.9. The van der Waals surface area contributed by atoms with E-state index in [1.54, 1.807) is 0 Å². The molecule has 0 radical (unpaired) electrons. The average Bonchev–Trinajstić information content (AvgIpc) is 3.56. The number of rotatable bonds is 4. The fraction of sp³-hybridized carbons (Fsp3) is 0.240. The first-order chi connectivity index (χ1) is 26.3. The summed E-state index contributed by atoms with van der Waals surface area (Å²) >= 11 is 0. The van der Waals surface area contributed by atoms with Gasteiger partial charge in [-0.25, -0.2) is 0 Å². The molecule has 4 aromatic carbocycles. The summed E-state index contributed by atoms with van der Waals surface area (Å²) in [6.07, 6.45) is 30.9. The van der Waals surface area contributed by atoms with Crippen LogP contribution in [0.2, 0.25) is 0 Å². The molecular formula is C50H43NO2. The molecule has 53 heavy (non-hydrogen) atoms. The molecule has 4 aromatic rings. The van der Waals surface area contributed by atoms with Gasteiger partial charge in [-0.1, -0.05) is 127 Å². The van der Waals surface area contributed by atoms with Crippen LogP contribution in [0, 0.1) is 17.8 Å². The van der Waals surface area contributed by atoms with Gasteiger partial charge in [0.15, 0.2) is 0 Å². The molecule has 11 rings (SSSR count). The van der Waals surface area contributed by atoms with E-state index in [2.05, 4.69) is 169 Å². The van der Waals surface area contributed by atoms with Crippen molar-refractivity contribution in [3.8, 4) is 11.5 Å². The van der Waals surface area contributed by atoms with Crippen molar-refractivity contribution >= 4 is 16.9 Å². The minimum Gasteiger partial charge on any atom is -0.457 e. The van der Waals surface area contributed by atoms with E-state index in [1.807, 2.05) is 0 Å². The molecule has 8 atom stereocenters. The van der Waals surface area contributed by atoms with E-state index in [-0.39, 0.29) is 36.0 Å². The van der Waals surface area contributed by atoms with Crippen LogP contribution in [0.15, 0.2) is 175 Å². The maximum Gasteiger partial charge on any atom is 0.131 e. The molecule has 7 aliphatic rings. The number of ether oxygens (including phenoxy) is 2. The summed E-state index contributed by atoms with van der Waals surface area (Å²) in [6.45, 7) is 0. The number of allylic oxidation sites excluding steroid dienone is 9. The Labute approximate surface area is 312 Å². The normalized spacial score (nSPS) is 30.0. The summed E-state index contributed by atoms with van der Waals surface area (Å²) in [5.41, 5.74) is 11.7. The van der Waals surface area contributed by atoms with Crippen molar-refractivity contribution in [1.29, 1.82) is 0 Å². The summed E-state index contributed by atoms with van der Waals surface area (Å²) in [5, 5.41) is 0. The molecule has 0 N–H and O–H groups in total. The number of para-hydroxylation sites is 3. The smallest absolute Gasteiger partial charge is 0.131 e. The fourth-order valence-electron chi connectivity index (χ4n) is 10.6. The third-order valence-corrected chi connectivity index (χ3v) is 12.9. The highest BCUT2D eigenvalue weighted by Crippen LogP contribution is 2.59. The van der Waals surface area contributed by atoms with Crippen molar-refractivity contribution < 1.29 is 9.47 Å². The number of fused-ring (bicyclic) bond motifs is 7. The van der Waals surface area contributed by atoms with E-state index >= 15 is 0 Å². The highest BCUT2D eigenvalue weighted by atomic mass is 16.5. The molecule has 4 aliphatic carbocycles. The summed E-state index contributed by atoms with van der Waals surface area (Å²) in [7, 11) is 0. The largest absolute Gasteiger partial charge is 0.457 e. The van der Waals surface area contributed by atoms with Crippen LogP contribution in [-0.2, 0) is 4.74 Å². The Bertz CT molecular complexity index is 2320. The second kappa shape index (κ2) is 12.6. The third-order valence-electron chi connectivity index (χ3n) is 12.9. The predicted molar refractivity (Wildman–Crippen MR) is 215 cm³/mol. The van der Waals surface area contributed by atoms with Crippen LogP contribution in [0.5, 0.6) is 11.5 Å². The van der Waals surface area contributed by atoms with E-state index < -0.39 is 0 Å². The highest BCUT2D eigenvalue weighted by Gasteiger charge is 2.51. The molecule has 260 valence electrons. The Balaban J connectivity index is 1.05. The first-order valence-corrected chi connectivity index (χ1v) is 19.6. The Kier molecular flexibility index (Phi) is 7.43. The lowest BCUT2D eigenvalue weighted by Crippen LogP contribution is -2.50. The van der Waals surface area contributed by atoms with Gasteiger partial charge < -0.3 is 14.4 Å². The zero-order valence-corrected chi connectivity index (χ0v) is 29.8. The van der Waals surface area contributed by atoms with Crippen LogP contribution in [0.1, 0.15) is 59.8 Å². The summed E-state index contributed by atoms with van der Waals surface area (Å²) in [4.78, 5) is 2.52. The first kappa shape index (κ1) is 31.2. The summed E-state index contributed by atoms with van der Waals surface area (Å²) < 4.78 is 13.9. The minimum atomic E-state index is 0.0133. The molecule has 0 aromatic heterocycles. The molecule has 0 saturated carbocycles. The second-order valence-corrected chi connectivity index (χ2v) is 15.6. The summed E-state index contributed by atoms with van der Waals surface area (Å²) in [5.74, 6) is 3.34. The van der Waals surface area contributed by atoms with Crippen molar-refractivity contribution in [3.63, 3.8) is 0 Å². The van der Waals surface area contributed by atoms with Crippen molar-refractivity contribution in [2.75, 3.05) is 4.90 Å². The molecule has 8 unspecified atom stereocenters. The van der Waals surface area contributed by atoms with Crippen LogP contribution >= 0.6 is 0 Å². The fourth-order valence-corrected chi connectivity index (χ4v) is 10.6. The van der Waals surface area contributed by atoms with E-state index in [0.717, 1.165) is 37.2 Å². The summed E-state index contributed by atoms with van der Waals surface area (Å²) in [6, 6.07) is 35.6. The molecule has 3 aliphatic heterocycles. The number of anilines is 2. The zero-order valence-electron chi connectivity index (χ0n) is 29.8. The lowest BCUT2D eigenvalue weighted by Gasteiger charge is -2.51. The van der Waals surface area contributed by atoms with E-state index in [9.17, 15) is 0 Å². The maximum atomic E-state index is 7.06. The average molecular weight is 690 g/mol. The SMILES string of the molecule is C1=CC(C2=CC3OC4C=CCCC4C(C4c5ccccc5Oc5cccc(C6=CC7c8ccccc8N(c8ccccc8)C7C=C6)c54)C3C=C2)=CCC1. The second-order valence-electron chi connectivity index (χ2n) is 15.6. The maximum absolute atomic E-state index is 7.06. The first-order valence-electron chi connectivity index (χ1n) is 19.6. The van der Waals surface area contributed by atoms with Crippen molar-refractivity contribution in [2.24, 2.45) is 17.8 Å². The molecule has 0 bridgehead atoms. The van der Waals surface area contributed by atoms with Crippen molar-refractivity contribution in [2.45, 2.75) is 55.8 Å². The standard InChI is InChI=1S/C50H43NO2/c1-3-14-32(15-4-1)33-26-28-40-47(31-33)53-44-23-11-8-19-38(44)48(40)50-39-20-9-12-24-45(39)52-46-25-13-21-36(49(46)50)34-27-29-43-41(30-34)37-18-7-10-22-42(37)51(43)35-16-5-2-6-17-35/h2-3,5-7,9-18,20-31,38,40-41,43-44,47-48,50H,1,4,8,19H2. The van der Waals surface area contributed by atoms with Crippen LogP contribution in [0.4, 0.5) is 11.4 Å². The van der Waals surface area contributed by atoms with Gasteiger partial charge in [-0.2, -0.15) is 0 Å². The quantitative estimate of drug-likeness (QED) is 0.199. The van der Waals surface area contributed by atoms with Gasteiger partial charge in [0, 0.05) is 40.3 Å². The van der Waals surface area contributed by atoms with Gasteiger partial charge in [-0.3, -0.25) is 0 Å². The van der Waals surface area contributed by atoms with Crippen LogP contribution in [0.3, 0.4) is 0 Å². The predicted octanol–water partition coefficient (Wildman–Crippen LogP) is 11.9. The molecule has 3 nitrogen and oxygen atoms in total. The Morgan fingerprint density at radius 1 is 0.604 bits per heavy atom. The van der Waals surface area contributed by atoms with Gasteiger partial charge in [0.1, 0.15) is 11.5 Å². The molecule has 1 fully saturated rings. The third kappa shape index (κ3) is 5.05. The Morgan fingerprint density at radius 3 is 2.34 bits per heavy atom. The van der Waals surface area contributed by atoms with Gasteiger partial charge in [-0.15, -0.1) is 0 Å². The Morgan fingerprint density at radius 2 is 1.43 bits per heavy atom. The molecule has 3 heterocycles. The molecule has 0 amide bonds. The van der Waals surface area contributed by atoms with Crippen LogP contribution in [0.25, 0.3) is 5.57 Å². The van der Waals surface area contributed by atoms with Crippen molar-refractivity contribution in [1.82, 2.24) is 0 Å². The van der Waals surface area contributed by atoms with Gasteiger partial charge in [0.25, 0.3) is 0 Å². The highest BCUT2D eigenvalue weighted by molar-refractivity contribution is 5.85. The molecule has 0 spiro atoms. The topological polar surface area (TPSA) is 21.7 Å². The lowest BCUT2D eigenvalue weighted by molar-refractivity contribution is -0.102. The monoisotopic (exact) mass is 689 g/mol.